The Morgan fingerprint density at radius 3 is 1.30 bits per heavy atom. The molecule has 0 aliphatic rings. The quantitative estimate of drug-likeness (QED) is 0.178. The van der Waals surface area contributed by atoms with Crippen LogP contribution in [-0.2, 0) is 10.8 Å². The summed E-state index contributed by atoms with van der Waals surface area (Å²) in [5.74, 6) is 1.78. The highest BCUT2D eigenvalue weighted by molar-refractivity contribution is 6.09. The van der Waals surface area contributed by atoms with Crippen LogP contribution in [0.2, 0.25) is 0 Å². The molecule has 2 heterocycles. The van der Waals surface area contributed by atoms with Gasteiger partial charge in [-0.25, -0.2) is 15.0 Å². The van der Waals surface area contributed by atoms with Gasteiger partial charge in [-0.2, -0.15) is 0 Å². The van der Waals surface area contributed by atoms with Crippen LogP contribution in [0.4, 0.5) is 0 Å². The van der Waals surface area contributed by atoms with Gasteiger partial charge in [0.25, 0.3) is 0 Å². The zero-order valence-electron chi connectivity index (χ0n) is 27.2. The van der Waals surface area contributed by atoms with E-state index >= 15 is 0 Å². The lowest BCUT2D eigenvalue weighted by molar-refractivity contribution is 0.103. The Kier molecular flexibility index (Phi) is 8.18. The van der Waals surface area contributed by atoms with Crippen molar-refractivity contribution in [2.75, 3.05) is 0 Å². The zero-order valence-corrected chi connectivity index (χ0v) is 27.2. The molecular formula is C41H38N4O. The third-order valence-corrected chi connectivity index (χ3v) is 8.15. The molecule has 0 spiro atoms. The van der Waals surface area contributed by atoms with E-state index in [-0.39, 0.29) is 16.6 Å². The molecule has 4 aromatic carbocycles. The van der Waals surface area contributed by atoms with Crippen molar-refractivity contribution in [1.82, 2.24) is 19.9 Å². The number of rotatable bonds is 6. The number of hydrogen-bond donors (Lipinski definition) is 0. The number of benzene rings is 4. The number of carbonyl (C=O) groups is 1. The number of pyridine rings is 1. The average molecular weight is 603 g/mol. The van der Waals surface area contributed by atoms with E-state index in [1.807, 2.05) is 66.7 Å². The fourth-order valence-corrected chi connectivity index (χ4v) is 5.25. The van der Waals surface area contributed by atoms with E-state index in [9.17, 15) is 4.79 Å². The lowest BCUT2D eigenvalue weighted by Crippen LogP contribution is -2.10. The third kappa shape index (κ3) is 6.69. The van der Waals surface area contributed by atoms with Crippen LogP contribution in [0.5, 0.6) is 0 Å². The normalized spacial score (nSPS) is 11.8. The fourth-order valence-electron chi connectivity index (χ4n) is 5.25. The molecule has 0 unspecified atom stereocenters. The summed E-state index contributed by atoms with van der Waals surface area (Å²) in [7, 11) is 0. The Balaban J connectivity index is 1.34. The maximum Gasteiger partial charge on any atom is 0.193 e. The van der Waals surface area contributed by atoms with Crippen LogP contribution in [0.3, 0.4) is 0 Å². The molecule has 0 atom stereocenters. The van der Waals surface area contributed by atoms with Crippen molar-refractivity contribution in [3.8, 4) is 45.4 Å². The molecule has 6 aromatic rings. The molecule has 0 fully saturated rings. The number of hydrogen-bond acceptors (Lipinski definition) is 5. The van der Waals surface area contributed by atoms with E-state index in [2.05, 4.69) is 90.1 Å². The average Bonchev–Trinajstić information content (AvgIpc) is 3.07. The maximum atomic E-state index is 12.8. The van der Waals surface area contributed by atoms with Crippen molar-refractivity contribution in [2.24, 2.45) is 0 Å². The van der Waals surface area contributed by atoms with Crippen LogP contribution in [-0.4, -0.2) is 25.7 Å². The van der Waals surface area contributed by atoms with Crippen LogP contribution in [0.1, 0.15) is 68.6 Å². The van der Waals surface area contributed by atoms with E-state index in [1.165, 1.54) is 11.1 Å². The predicted octanol–water partition coefficient (Wildman–Crippen LogP) is 9.76. The van der Waals surface area contributed by atoms with Gasteiger partial charge in [-0.05, 0) is 34.1 Å². The Morgan fingerprint density at radius 2 is 0.870 bits per heavy atom. The van der Waals surface area contributed by atoms with Gasteiger partial charge in [0.05, 0.1) is 5.69 Å². The number of ketones is 1. The lowest BCUT2D eigenvalue weighted by Gasteiger charge is -2.19. The second kappa shape index (κ2) is 12.2. The Hall–Kier alpha value is -5.29. The largest absolute Gasteiger partial charge is 0.289 e. The summed E-state index contributed by atoms with van der Waals surface area (Å²) in [5, 5.41) is 0. The standard InChI is InChI=1S/C41H38N4O/c1-40(2,3)33-21-16-30(17-22-33)37-43-38(31-18-23-34(24-19-31)41(4,5)6)45-39(44-37)32-20-25-35(42-26-32)27-12-14-29(15-13-27)36(46)28-10-8-7-9-11-28/h7-26H,1-6H3. The van der Waals surface area contributed by atoms with Gasteiger partial charge in [-0.1, -0.05) is 145 Å². The van der Waals surface area contributed by atoms with Gasteiger partial charge in [-0.3, -0.25) is 9.78 Å². The SMILES string of the molecule is CC(C)(C)c1ccc(-c2nc(-c3ccc(C(C)(C)C)cc3)nc(-c3ccc(-c4ccc(C(=O)c5ccccc5)cc4)nc3)n2)cc1. The van der Waals surface area contributed by atoms with E-state index in [1.54, 1.807) is 6.20 Å². The van der Waals surface area contributed by atoms with Gasteiger partial charge in [0, 0.05) is 39.6 Å². The van der Waals surface area contributed by atoms with Gasteiger partial charge < -0.3 is 0 Å². The number of aromatic nitrogens is 4. The Labute approximate surface area is 271 Å². The topological polar surface area (TPSA) is 68.6 Å². The molecule has 5 heteroatoms. The van der Waals surface area contributed by atoms with E-state index in [0.717, 1.165) is 27.9 Å². The molecule has 0 N–H and O–H groups in total. The highest BCUT2D eigenvalue weighted by Gasteiger charge is 2.18. The first kappa shape index (κ1) is 30.7. The second-order valence-electron chi connectivity index (χ2n) is 13.7. The summed E-state index contributed by atoms with van der Waals surface area (Å²) in [6, 6.07) is 37.7. The first-order valence-corrected chi connectivity index (χ1v) is 15.6. The summed E-state index contributed by atoms with van der Waals surface area (Å²) in [4.78, 5) is 32.3. The maximum absolute atomic E-state index is 12.8. The molecule has 0 aliphatic heterocycles. The van der Waals surface area contributed by atoms with Crippen LogP contribution in [0.25, 0.3) is 45.4 Å². The first-order valence-electron chi connectivity index (χ1n) is 15.6. The smallest absolute Gasteiger partial charge is 0.193 e. The van der Waals surface area contributed by atoms with Gasteiger partial charge in [-0.15, -0.1) is 0 Å². The highest BCUT2D eigenvalue weighted by Crippen LogP contribution is 2.30. The molecule has 6 rings (SSSR count). The fraction of sp³-hybridized carbons (Fsp3) is 0.195. The van der Waals surface area contributed by atoms with E-state index in [4.69, 9.17) is 19.9 Å². The summed E-state index contributed by atoms with van der Waals surface area (Å²) < 4.78 is 0. The van der Waals surface area contributed by atoms with Crippen molar-refractivity contribution in [3.63, 3.8) is 0 Å². The molecule has 0 amide bonds. The van der Waals surface area contributed by atoms with Gasteiger partial charge in [0.15, 0.2) is 23.3 Å². The molecule has 0 aliphatic carbocycles. The molecule has 0 bridgehead atoms. The predicted molar refractivity (Wildman–Crippen MR) is 187 cm³/mol. The molecule has 0 radical (unpaired) electrons. The van der Waals surface area contributed by atoms with Crippen molar-refractivity contribution >= 4 is 5.78 Å². The summed E-state index contributed by atoms with van der Waals surface area (Å²) in [6.07, 6.45) is 1.80. The van der Waals surface area contributed by atoms with E-state index in [0.29, 0.717) is 28.6 Å². The third-order valence-electron chi connectivity index (χ3n) is 8.15. The number of nitrogens with zero attached hydrogens (tertiary/aromatic N) is 4. The molecule has 0 saturated heterocycles. The minimum atomic E-state index is -0.00186. The molecule has 5 nitrogen and oxygen atoms in total. The van der Waals surface area contributed by atoms with Crippen LogP contribution < -0.4 is 0 Å². The summed E-state index contributed by atoms with van der Waals surface area (Å²) >= 11 is 0. The zero-order chi connectivity index (χ0) is 32.5. The van der Waals surface area contributed by atoms with Crippen molar-refractivity contribution in [3.05, 3.63) is 144 Å². The van der Waals surface area contributed by atoms with E-state index < -0.39 is 0 Å². The first-order chi connectivity index (χ1) is 22.0. The molecule has 228 valence electrons. The molecule has 2 aromatic heterocycles. The highest BCUT2D eigenvalue weighted by atomic mass is 16.1. The van der Waals surface area contributed by atoms with Gasteiger partial charge in [0.1, 0.15) is 0 Å². The van der Waals surface area contributed by atoms with Crippen molar-refractivity contribution in [1.29, 1.82) is 0 Å². The van der Waals surface area contributed by atoms with Crippen molar-refractivity contribution < 1.29 is 4.79 Å². The van der Waals surface area contributed by atoms with Crippen LogP contribution >= 0.6 is 0 Å². The summed E-state index contributed by atoms with van der Waals surface area (Å²) in [6.45, 7) is 13.2. The monoisotopic (exact) mass is 602 g/mol. The molecule has 46 heavy (non-hydrogen) atoms. The Morgan fingerprint density at radius 1 is 0.457 bits per heavy atom. The molecular weight excluding hydrogens is 564 g/mol. The minimum absolute atomic E-state index is 0.00186. The molecule has 0 saturated carbocycles. The van der Waals surface area contributed by atoms with Gasteiger partial charge in [0.2, 0.25) is 0 Å². The minimum Gasteiger partial charge on any atom is -0.289 e. The van der Waals surface area contributed by atoms with Gasteiger partial charge >= 0.3 is 0 Å². The lowest BCUT2D eigenvalue weighted by atomic mass is 9.86. The van der Waals surface area contributed by atoms with Crippen molar-refractivity contribution in [2.45, 2.75) is 52.4 Å². The van der Waals surface area contributed by atoms with Crippen LogP contribution in [0, 0.1) is 0 Å². The van der Waals surface area contributed by atoms with Crippen LogP contribution in [0.15, 0.2) is 121 Å². The Bertz CT molecular complexity index is 1890. The second-order valence-corrected chi connectivity index (χ2v) is 13.7. The summed E-state index contributed by atoms with van der Waals surface area (Å²) in [5.41, 5.74) is 8.29. The number of carbonyl (C=O) groups excluding carboxylic acids is 1.